The molecule has 3 nitrogen and oxygen atoms in total. The number of esters is 1. The van der Waals surface area contributed by atoms with E-state index in [1.165, 1.54) is 0 Å². The molecule has 1 unspecified atom stereocenters. The van der Waals surface area contributed by atoms with Crippen molar-refractivity contribution >= 4 is 38.9 Å². The number of carbonyl (C=O) groups is 1. The Morgan fingerprint density at radius 2 is 1.89 bits per heavy atom. The van der Waals surface area contributed by atoms with Crippen LogP contribution >= 0.6 is 32.9 Å². The Labute approximate surface area is 127 Å². The zero-order valence-corrected chi connectivity index (χ0v) is 14.1. The number of benzene rings is 1. The maximum atomic E-state index is 11.4. The van der Waals surface area contributed by atoms with Gasteiger partial charge in [0, 0.05) is 10.9 Å². The summed E-state index contributed by atoms with van der Waals surface area (Å²) >= 11 is 3.38. The van der Waals surface area contributed by atoms with Gasteiger partial charge in [0.15, 0.2) is 0 Å². The fourth-order valence-corrected chi connectivity index (χ4v) is 1.76. The lowest BCUT2D eigenvalue weighted by Gasteiger charge is -2.26. The molecule has 2 N–H and O–H groups in total. The van der Waals surface area contributed by atoms with Gasteiger partial charge in [0.05, 0.1) is 0 Å². The highest BCUT2D eigenvalue weighted by Crippen LogP contribution is 2.19. The predicted octanol–water partition coefficient (Wildman–Crippen LogP) is 3.24. The van der Waals surface area contributed by atoms with Gasteiger partial charge in [0.25, 0.3) is 0 Å². The highest BCUT2D eigenvalue weighted by Gasteiger charge is 2.24. The van der Waals surface area contributed by atoms with Gasteiger partial charge in [0.1, 0.15) is 11.6 Å². The Kier molecular flexibility index (Phi) is 7.10. The second kappa shape index (κ2) is 7.26. The first-order chi connectivity index (χ1) is 7.80. The molecule has 0 bridgehead atoms. The van der Waals surface area contributed by atoms with Crippen molar-refractivity contribution in [2.45, 2.75) is 38.8 Å². The highest BCUT2D eigenvalue weighted by molar-refractivity contribution is 9.10. The summed E-state index contributed by atoms with van der Waals surface area (Å²) in [4.78, 5) is 11.4. The fraction of sp³-hybridized carbons (Fsp3) is 0.462. The zero-order valence-electron chi connectivity index (χ0n) is 10.8. The van der Waals surface area contributed by atoms with Crippen molar-refractivity contribution in [3.05, 3.63) is 34.3 Å². The van der Waals surface area contributed by atoms with Crippen LogP contribution in [0.4, 0.5) is 0 Å². The van der Waals surface area contributed by atoms with Crippen molar-refractivity contribution in [1.82, 2.24) is 0 Å². The van der Waals surface area contributed by atoms with Gasteiger partial charge >= 0.3 is 5.97 Å². The highest BCUT2D eigenvalue weighted by atomic mass is 79.9. The average molecular weight is 381 g/mol. The molecule has 1 aromatic carbocycles. The number of hydrogen-bond donors (Lipinski definition) is 1. The topological polar surface area (TPSA) is 52.3 Å². The Balaban J connectivity index is 0.00000289. The molecule has 1 aromatic rings. The number of halogens is 2. The maximum absolute atomic E-state index is 11.4. The Bertz CT molecular complexity index is 388. The molecular formula is C13H19Br2NO2. The van der Waals surface area contributed by atoms with E-state index in [9.17, 15) is 4.79 Å². The summed E-state index contributed by atoms with van der Waals surface area (Å²) in [5.41, 5.74) is 6.05. The van der Waals surface area contributed by atoms with Crippen LogP contribution in [0.2, 0.25) is 0 Å². The quantitative estimate of drug-likeness (QED) is 0.815. The number of carbonyl (C=O) groups excluding carboxylic acids is 1. The molecule has 5 heteroatoms. The van der Waals surface area contributed by atoms with Gasteiger partial charge in [-0.1, -0.05) is 28.1 Å². The molecule has 1 atom stereocenters. The van der Waals surface area contributed by atoms with Gasteiger partial charge in [-0.2, -0.15) is 0 Å². The van der Waals surface area contributed by atoms with E-state index in [1.807, 2.05) is 38.1 Å². The van der Waals surface area contributed by atoms with Crippen molar-refractivity contribution in [3.63, 3.8) is 0 Å². The summed E-state index contributed by atoms with van der Waals surface area (Å²) in [6.45, 7) is 5.39. The lowest BCUT2D eigenvalue weighted by atomic mass is 9.98. The predicted molar refractivity (Wildman–Crippen MR) is 82.0 cm³/mol. The molecule has 102 valence electrons. The molecule has 0 radical (unpaired) electrons. The lowest BCUT2D eigenvalue weighted by molar-refractivity contribution is -0.157. The molecule has 0 aliphatic carbocycles. The van der Waals surface area contributed by atoms with E-state index in [0.717, 1.165) is 10.0 Å². The second-order valence-corrected chi connectivity index (χ2v) is 5.69. The van der Waals surface area contributed by atoms with E-state index in [4.69, 9.17) is 10.5 Å². The van der Waals surface area contributed by atoms with Crippen LogP contribution in [0.25, 0.3) is 0 Å². The van der Waals surface area contributed by atoms with E-state index in [-0.39, 0.29) is 23.0 Å². The SMILES string of the molecule is Br.CC(N)C(=O)OC(C)(C)Cc1ccc(Br)cc1. The van der Waals surface area contributed by atoms with Crippen LogP contribution in [0.1, 0.15) is 26.3 Å². The van der Waals surface area contributed by atoms with Crippen molar-refractivity contribution < 1.29 is 9.53 Å². The van der Waals surface area contributed by atoms with E-state index < -0.39 is 11.6 Å². The largest absolute Gasteiger partial charge is 0.458 e. The summed E-state index contributed by atoms with van der Waals surface area (Å²) in [5, 5.41) is 0. The normalized spacial score (nSPS) is 12.5. The molecule has 0 aliphatic rings. The standard InChI is InChI=1S/C13H18BrNO2.BrH/c1-9(15)12(16)17-13(2,3)8-10-4-6-11(14)7-5-10;/h4-7,9H,8,15H2,1-3H3;1H. The third-order valence-corrected chi connectivity index (χ3v) is 2.82. The van der Waals surface area contributed by atoms with E-state index >= 15 is 0 Å². The molecule has 18 heavy (non-hydrogen) atoms. The van der Waals surface area contributed by atoms with Crippen LogP contribution in [0.5, 0.6) is 0 Å². The molecule has 0 amide bonds. The smallest absolute Gasteiger partial charge is 0.323 e. The first kappa shape index (κ1) is 17.6. The van der Waals surface area contributed by atoms with Gasteiger partial charge in [-0.3, -0.25) is 4.79 Å². The van der Waals surface area contributed by atoms with Gasteiger partial charge in [-0.15, -0.1) is 17.0 Å². The molecular weight excluding hydrogens is 362 g/mol. The van der Waals surface area contributed by atoms with Gasteiger partial charge in [0.2, 0.25) is 0 Å². The molecule has 0 aliphatic heterocycles. The first-order valence-corrected chi connectivity index (χ1v) is 6.32. The Hall–Kier alpha value is -0.390. The fourth-order valence-electron chi connectivity index (χ4n) is 1.50. The third kappa shape index (κ3) is 5.98. The van der Waals surface area contributed by atoms with Crippen LogP contribution in [0.15, 0.2) is 28.7 Å². The maximum Gasteiger partial charge on any atom is 0.323 e. The van der Waals surface area contributed by atoms with Crippen LogP contribution in [-0.4, -0.2) is 17.6 Å². The summed E-state index contributed by atoms with van der Waals surface area (Å²) < 4.78 is 6.39. The molecule has 0 fully saturated rings. The molecule has 0 heterocycles. The van der Waals surface area contributed by atoms with Gasteiger partial charge in [-0.25, -0.2) is 0 Å². The Morgan fingerprint density at radius 1 is 1.39 bits per heavy atom. The molecule has 1 rings (SSSR count). The van der Waals surface area contributed by atoms with Crippen LogP contribution in [0.3, 0.4) is 0 Å². The lowest BCUT2D eigenvalue weighted by Crippen LogP contribution is -2.38. The van der Waals surface area contributed by atoms with Gasteiger partial charge in [-0.05, 0) is 38.5 Å². The number of hydrogen-bond acceptors (Lipinski definition) is 3. The van der Waals surface area contributed by atoms with Crippen LogP contribution in [-0.2, 0) is 16.0 Å². The summed E-state index contributed by atoms with van der Waals surface area (Å²) in [5.74, 6) is -0.368. The van der Waals surface area contributed by atoms with E-state index in [1.54, 1.807) is 6.92 Å². The van der Waals surface area contributed by atoms with Gasteiger partial charge < -0.3 is 10.5 Å². The van der Waals surface area contributed by atoms with Crippen LogP contribution < -0.4 is 5.73 Å². The first-order valence-electron chi connectivity index (χ1n) is 5.53. The average Bonchev–Trinajstić information content (AvgIpc) is 2.20. The minimum absolute atomic E-state index is 0. The Morgan fingerprint density at radius 3 is 2.33 bits per heavy atom. The van der Waals surface area contributed by atoms with Crippen molar-refractivity contribution in [1.29, 1.82) is 0 Å². The summed E-state index contributed by atoms with van der Waals surface area (Å²) in [6.07, 6.45) is 0.665. The number of ether oxygens (including phenoxy) is 1. The van der Waals surface area contributed by atoms with Crippen molar-refractivity contribution in [3.8, 4) is 0 Å². The number of rotatable bonds is 4. The van der Waals surface area contributed by atoms with Crippen molar-refractivity contribution in [2.75, 3.05) is 0 Å². The monoisotopic (exact) mass is 379 g/mol. The molecule has 0 saturated heterocycles. The number of nitrogens with two attached hydrogens (primary N) is 1. The zero-order chi connectivity index (χ0) is 13.1. The minimum Gasteiger partial charge on any atom is -0.458 e. The summed E-state index contributed by atoms with van der Waals surface area (Å²) in [7, 11) is 0. The molecule has 0 saturated carbocycles. The second-order valence-electron chi connectivity index (χ2n) is 4.77. The molecule has 0 aromatic heterocycles. The van der Waals surface area contributed by atoms with Crippen molar-refractivity contribution in [2.24, 2.45) is 5.73 Å². The van der Waals surface area contributed by atoms with E-state index in [2.05, 4.69) is 15.9 Å². The minimum atomic E-state index is -0.584. The third-order valence-electron chi connectivity index (χ3n) is 2.29. The molecule has 0 spiro atoms. The van der Waals surface area contributed by atoms with E-state index in [0.29, 0.717) is 6.42 Å². The van der Waals surface area contributed by atoms with Crippen LogP contribution in [0, 0.1) is 0 Å². The summed E-state index contributed by atoms with van der Waals surface area (Å²) in [6, 6.07) is 7.37.